The van der Waals surface area contributed by atoms with Crippen LogP contribution in [0.4, 0.5) is 0 Å². The van der Waals surface area contributed by atoms with Gasteiger partial charge in [0.05, 0.1) is 0 Å². The molecule has 0 saturated carbocycles. The molecule has 0 saturated heterocycles. The minimum atomic E-state index is 0.292. The van der Waals surface area contributed by atoms with Gasteiger partial charge in [0.25, 0.3) is 0 Å². The third-order valence-corrected chi connectivity index (χ3v) is 3.16. The summed E-state index contributed by atoms with van der Waals surface area (Å²) in [6.45, 7) is 0.733. The van der Waals surface area contributed by atoms with E-state index in [0.29, 0.717) is 11.7 Å². The van der Waals surface area contributed by atoms with Gasteiger partial charge in [-0.3, -0.25) is 0 Å². The van der Waals surface area contributed by atoms with Gasteiger partial charge in [-0.15, -0.1) is 0 Å². The summed E-state index contributed by atoms with van der Waals surface area (Å²) in [5.41, 5.74) is 1.24. The van der Waals surface area contributed by atoms with Gasteiger partial charge in [0.15, 0.2) is 0 Å². The van der Waals surface area contributed by atoms with Crippen LogP contribution in [0.15, 0.2) is 42.7 Å². The normalized spacial score (nSPS) is 12.0. The van der Waals surface area contributed by atoms with Crippen molar-refractivity contribution >= 4 is 12.6 Å². The molecule has 17 heavy (non-hydrogen) atoms. The van der Waals surface area contributed by atoms with Crippen LogP contribution in [0.2, 0.25) is 0 Å². The van der Waals surface area contributed by atoms with E-state index in [1.165, 1.54) is 5.56 Å². The van der Waals surface area contributed by atoms with Crippen LogP contribution in [0.1, 0.15) is 17.3 Å². The Morgan fingerprint density at radius 3 is 2.76 bits per heavy atom. The quantitative estimate of drug-likeness (QED) is 0.838. The SMILES string of the molecule is N#Cc1nccn1CC(CS)c1ccccc1. The molecule has 1 heterocycles. The minimum Gasteiger partial charge on any atom is -0.322 e. The predicted octanol–water partition coefficient (Wildman–Crippen LogP) is 2.47. The number of aromatic nitrogens is 2. The van der Waals surface area contributed by atoms with Crippen LogP contribution < -0.4 is 0 Å². The molecule has 0 amide bonds. The van der Waals surface area contributed by atoms with E-state index >= 15 is 0 Å². The highest BCUT2D eigenvalue weighted by Gasteiger charge is 2.12. The van der Waals surface area contributed by atoms with Crippen molar-refractivity contribution in [1.29, 1.82) is 5.26 Å². The van der Waals surface area contributed by atoms with Gasteiger partial charge in [0.2, 0.25) is 5.82 Å². The molecule has 0 bridgehead atoms. The van der Waals surface area contributed by atoms with Crippen molar-refractivity contribution in [2.75, 3.05) is 5.75 Å². The van der Waals surface area contributed by atoms with Gasteiger partial charge in [0, 0.05) is 24.9 Å². The van der Waals surface area contributed by atoms with Gasteiger partial charge in [-0.2, -0.15) is 17.9 Å². The Balaban J connectivity index is 2.19. The smallest absolute Gasteiger partial charge is 0.212 e. The Morgan fingerprint density at radius 2 is 2.12 bits per heavy atom. The second-order valence-corrected chi connectivity index (χ2v) is 4.17. The number of nitriles is 1. The van der Waals surface area contributed by atoms with Crippen LogP contribution in [0.5, 0.6) is 0 Å². The standard InChI is InChI=1S/C13H13N3S/c14-8-13-15-6-7-16(13)9-12(10-17)11-4-2-1-3-5-11/h1-7,12,17H,9-10H2. The lowest BCUT2D eigenvalue weighted by Gasteiger charge is -2.15. The van der Waals surface area contributed by atoms with Crippen LogP contribution in [0.25, 0.3) is 0 Å². The van der Waals surface area contributed by atoms with Gasteiger partial charge in [-0.05, 0) is 11.3 Å². The first-order chi connectivity index (χ1) is 8.35. The summed E-state index contributed by atoms with van der Waals surface area (Å²) in [5.74, 6) is 1.49. The van der Waals surface area contributed by atoms with Crippen LogP contribution in [-0.2, 0) is 6.54 Å². The Hall–Kier alpha value is -1.73. The fourth-order valence-electron chi connectivity index (χ4n) is 1.80. The number of thiol groups is 1. The summed E-state index contributed by atoms with van der Waals surface area (Å²) >= 11 is 4.39. The second kappa shape index (κ2) is 5.55. The van der Waals surface area contributed by atoms with Gasteiger partial charge in [-0.1, -0.05) is 30.3 Å². The average Bonchev–Trinajstić information content (AvgIpc) is 2.84. The molecule has 1 unspecified atom stereocenters. The van der Waals surface area contributed by atoms with Gasteiger partial charge < -0.3 is 4.57 Å². The van der Waals surface area contributed by atoms with E-state index in [4.69, 9.17) is 5.26 Å². The van der Waals surface area contributed by atoms with E-state index in [0.717, 1.165) is 12.3 Å². The maximum Gasteiger partial charge on any atom is 0.212 e. The zero-order chi connectivity index (χ0) is 12.1. The van der Waals surface area contributed by atoms with Crippen molar-refractivity contribution in [1.82, 2.24) is 9.55 Å². The molecule has 86 valence electrons. The van der Waals surface area contributed by atoms with Crippen LogP contribution in [0.3, 0.4) is 0 Å². The number of imidazole rings is 1. The van der Waals surface area contributed by atoms with Crippen molar-refractivity contribution in [2.24, 2.45) is 0 Å². The topological polar surface area (TPSA) is 41.6 Å². The lowest BCUT2D eigenvalue weighted by atomic mass is 10.0. The maximum absolute atomic E-state index is 8.91. The molecule has 2 rings (SSSR count). The number of nitrogens with zero attached hydrogens (tertiary/aromatic N) is 3. The zero-order valence-electron chi connectivity index (χ0n) is 9.32. The average molecular weight is 243 g/mol. The lowest BCUT2D eigenvalue weighted by molar-refractivity contribution is 0.599. The molecule has 0 fully saturated rings. The fourth-order valence-corrected chi connectivity index (χ4v) is 2.13. The van der Waals surface area contributed by atoms with E-state index in [-0.39, 0.29) is 0 Å². The molecule has 0 N–H and O–H groups in total. The van der Waals surface area contributed by atoms with Gasteiger partial charge in [0.1, 0.15) is 6.07 Å². The van der Waals surface area contributed by atoms with Gasteiger partial charge >= 0.3 is 0 Å². The van der Waals surface area contributed by atoms with Crippen molar-refractivity contribution in [3.8, 4) is 6.07 Å². The lowest BCUT2D eigenvalue weighted by Crippen LogP contribution is -2.11. The summed E-state index contributed by atoms with van der Waals surface area (Å²) in [4.78, 5) is 3.99. The van der Waals surface area contributed by atoms with Crippen molar-refractivity contribution < 1.29 is 0 Å². The van der Waals surface area contributed by atoms with E-state index in [9.17, 15) is 0 Å². The highest BCUT2D eigenvalue weighted by atomic mass is 32.1. The van der Waals surface area contributed by atoms with Crippen molar-refractivity contribution in [3.63, 3.8) is 0 Å². The largest absolute Gasteiger partial charge is 0.322 e. The second-order valence-electron chi connectivity index (χ2n) is 3.81. The molecule has 0 spiro atoms. The van der Waals surface area contributed by atoms with Crippen LogP contribution >= 0.6 is 12.6 Å². The molecule has 2 aromatic rings. The summed E-state index contributed by atoms with van der Waals surface area (Å²) < 4.78 is 1.87. The first-order valence-electron chi connectivity index (χ1n) is 5.42. The number of hydrogen-bond donors (Lipinski definition) is 1. The summed E-state index contributed by atoms with van der Waals surface area (Å²) in [6.07, 6.45) is 3.48. The molecular weight excluding hydrogens is 230 g/mol. The van der Waals surface area contributed by atoms with E-state index in [1.807, 2.05) is 29.0 Å². The molecule has 1 atom stereocenters. The minimum absolute atomic E-state index is 0.292. The highest BCUT2D eigenvalue weighted by Crippen LogP contribution is 2.19. The third-order valence-electron chi connectivity index (χ3n) is 2.72. The summed E-state index contributed by atoms with van der Waals surface area (Å²) in [6, 6.07) is 12.3. The highest BCUT2D eigenvalue weighted by molar-refractivity contribution is 7.80. The van der Waals surface area contributed by atoms with E-state index in [2.05, 4.69) is 35.8 Å². The van der Waals surface area contributed by atoms with Crippen LogP contribution in [0, 0.1) is 11.3 Å². The molecular formula is C13H13N3S. The molecule has 3 nitrogen and oxygen atoms in total. The number of hydrogen-bond acceptors (Lipinski definition) is 3. The molecule has 0 aliphatic carbocycles. The zero-order valence-corrected chi connectivity index (χ0v) is 10.2. The van der Waals surface area contributed by atoms with Crippen molar-refractivity contribution in [3.05, 3.63) is 54.1 Å². The Kier molecular flexibility index (Phi) is 3.84. The Labute approximate surface area is 106 Å². The number of rotatable bonds is 4. The molecule has 1 aromatic heterocycles. The summed E-state index contributed by atoms with van der Waals surface area (Å²) in [7, 11) is 0. The molecule has 1 aromatic carbocycles. The Bertz CT molecular complexity index is 513. The van der Waals surface area contributed by atoms with Crippen molar-refractivity contribution in [2.45, 2.75) is 12.5 Å². The Morgan fingerprint density at radius 1 is 1.35 bits per heavy atom. The maximum atomic E-state index is 8.91. The van der Waals surface area contributed by atoms with E-state index < -0.39 is 0 Å². The van der Waals surface area contributed by atoms with Crippen LogP contribution in [-0.4, -0.2) is 15.3 Å². The third kappa shape index (κ3) is 2.69. The van der Waals surface area contributed by atoms with Gasteiger partial charge in [-0.25, -0.2) is 4.98 Å². The molecule has 0 radical (unpaired) electrons. The monoisotopic (exact) mass is 243 g/mol. The molecule has 4 heteroatoms. The predicted molar refractivity (Wildman–Crippen MR) is 70.0 cm³/mol. The molecule has 0 aliphatic heterocycles. The fraction of sp³-hybridized carbons (Fsp3) is 0.231. The van der Waals surface area contributed by atoms with E-state index in [1.54, 1.807) is 6.20 Å². The molecule has 0 aliphatic rings. The summed E-state index contributed by atoms with van der Waals surface area (Å²) in [5, 5.41) is 8.91. The first-order valence-corrected chi connectivity index (χ1v) is 6.05. The first kappa shape index (κ1) is 11.7. The number of benzene rings is 1.